The minimum atomic E-state index is -0.729. The molecule has 94 valence electrons. The van der Waals surface area contributed by atoms with Crippen LogP contribution >= 0.6 is 0 Å². The number of benzene rings is 1. The number of hydrogen-bond donors (Lipinski definition) is 1. The Balaban J connectivity index is 2.67. The van der Waals surface area contributed by atoms with E-state index in [1.54, 1.807) is 7.11 Å². The Morgan fingerprint density at radius 2 is 2.18 bits per heavy atom. The number of aliphatic carboxylic acids is 1. The first-order valence-electron chi connectivity index (χ1n) is 5.91. The third kappa shape index (κ3) is 4.10. The molecule has 0 aliphatic rings. The van der Waals surface area contributed by atoms with E-state index in [4.69, 9.17) is 9.84 Å². The van der Waals surface area contributed by atoms with Crippen molar-refractivity contribution in [2.45, 2.75) is 39.0 Å². The van der Waals surface area contributed by atoms with Crippen LogP contribution in [-0.2, 0) is 4.79 Å². The van der Waals surface area contributed by atoms with Gasteiger partial charge in [-0.25, -0.2) is 0 Å². The molecule has 1 atom stereocenters. The van der Waals surface area contributed by atoms with Gasteiger partial charge in [0, 0.05) is 6.42 Å². The van der Waals surface area contributed by atoms with Crippen molar-refractivity contribution in [3.63, 3.8) is 0 Å². The first kappa shape index (κ1) is 13.6. The SMILES string of the molecule is COc1cc(C)ccc1[C@@H](C)CCCC(=O)O. The van der Waals surface area contributed by atoms with Crippen LogP contribution in [0.3, 0.4) is 0 Å². The summed E-state index contributed by atoms with van der Waals surface area (Å²) in [4.78, 5) is 10.5. The van der Waals surface area contributed by atoms with Gasteiger partial charge in [0.25, 0.3) is 0 Å². The van der Waals surface area contributed by atoms with Gasteiger partial charge in [0.15, 0.2) is 0 Å². The van der Waals surface area contributed by atoms with Gasteiger partial charge in [0.2, 0.25) is 0 Å². The maximum Gasteiger partial charge on any atom is 0.303 e. The summed E-state index contributed by atoms with van der Waals surface area (Å²) in [5.41, 5.74) is 2.33. The van der Waals surface area contributed by atoms with Crippen LogP contribution in [0.15, 0.2) is 18.2 Å². The molecule has 1 aromatic rings. The minimum absolute atomic E-state index is 0.235. The zero-order valence-electron chi connectivity index (χ0n) is 10.7. The lowest BCUT2D eigenvalue weighted by Crippen LogP contribution is -2.00. The van der Waals surface area contributed by atoms with Crippen molar-refractivity contribution in [2.24, 2.45) is 0 Å². The number of carboxylic acid groups (broad SMARTS) is 1. The molecule has 0 radical (unpaired) electrons. The van der Waals surface area contributed by atoms with Crippen LogP contribution in [-0.4, -0.2) is 18.2 Å². The standard InChI is InChI=1S/C14H20O3/c1-10-7-8-12(13(9-10)17-3)11(2)5-4-6-14(15)16/h7-9,11H,4-6H2,1-3H3,(H,15,16)/t11-/m0/s1. The van der Waals surface area contributed by atoms with E-state index in [0.717, 1.165) is 17.7 Å². The van der Waals surface area contributed by atoms with E-state index in [1.165, 1.54) is 5.56 Å². The van der Waals surface area contributed by atoms with Gasteiger partial charge in [-0.1, -0.05) is 19.1 Å². The zero-order valence-corrected chi connectivity index (χ0v) is 10.7. The Kier molecular flexibility index (Phi) is 5.01. The summed E-state index contributed by atoms with van der Waals surface area (Å²) >= 11 is 0. The fraction of sp³-hybridized carbons (Fsp3) is 0.500. The number of methoxy groups -OCH3 is 1. The molecule has 0 aromatic heterocycles. The molecule has 0 saturated heterocycles. The highest BCUT2D eigenvalue weighted by atomic mass is 16.5. The third-order valence-electron chi connectivity index (χ3n) is 2.95. The van der Waals surface area contributed by atoms with E-state index in [0.29, 0.717) is 12.3 Å². The monoisotopic (exact) mass is 236 g/mol. The summed E-state index contributed by atoms with van der Waals surface area (Å²) in [5, 5.41) is 8.61. The average molecular weight is 236 g/mol. The first-order chi connectivity index (χ1) is 8.04. The molecule has 3 nitrogen and oxygen atoms in total. The molecule has 0 fully saturated rings. The molecule has 0 aliphatic heterocycles. The summed E-state index contributed by atoms with van der Waals surface area (Å²) in [7, 11) is 1.67. The Bertz CT molecular complexity index is 385. The van der Waals surface area contributed by atoms with E-state index in [-0.39, 0.29) is 6.42 Å². The van der Waals surface area contributed by atoms with Gasteiger partial charge in [-0.05, 0) is 42.9 Å². The van der Waals surface area contributed by atoms with Crippen LogP contribution in [0.1, 0.15) is 43.2 Å². The van der Waals surface area contributed by atoms with Gasteiger partial charge in [-0.15, -0.1) is 0 Å². The molecule has 1 aromatic carbocycles. The van der Waals surface area contributed by atoms with Crippen LogP contribution in [0.2, 0.25) is 0 Å². The molecule has 0 heterocycles. The molecule has 0 spiro atoms. The van der Waals surface area contributed by atoms with Crippen molar-refractivity contribution >= 4 is 5.97 Å². The molecule has 0 bridgehead atoms. The summed E-state index contributed by atoms with van der Waals surface area (Å²) in [6, 6.07) is 6.15. The van der Waals surface area contributed by atoms with Crippen molar-refractivity contribution in [1.29, 1.82) is 0 Å². The Labute approximate surface area is 102 Å². The fourth-order valence-corrected chi connectivity index (χ4v) is 1.94. The average Bonchev–Trinajstić information content (AvgIpc) is 2.28. The molecule has 1 N–H and O–H groups in total. The van der Waals surface area contributed by atoms with E-state index >= 15 is 0 Å². The number of rotatable bonds is 6. The second kappa shape index (κ2) is 6.28. The fourth-order valence-electron chi connectivity index (χ4n) is 1.94. The quantitative estimate of drug-likeness (QED) is 0.823. The first-order valence-corrected chi connectivity index (χ1v) is 5.91. The second-order valence-electron chi connectivity index (χ2n) is 4.43. The molecule has 0 saturated carbocycles. The van der Waals surface area contributed by atoms with Gasteiger partial charge in [-0.2, -0.15) is 0 Å². The lowest BCUT2D eigenvalue weighted by atomic mass is 9.94. The predicted molar refractivity (Wildman–Crippen MR) is 67.6 cm³/mol. The molecule has 3 heteroatoms. The Morgan fingerprint density at radius 1 is 1.47 bits per heavy atom. The maximum absolute atomic E-state index is 10.5. The van der Waals surface area contributed by atoms with E-state index in [2.05, 4.69) is 19.1 Å². The highest BCUT2D eigenvalue weighted by molar-refractivity contribution is 5.66. The van der Waals surface area contributed by atoms with Crippen molar-refractivity contribution in [2.75, 3.05) is 7.11 Å². The van der Waals surface area contributed by atoms with Crippen LogP contribution in [0.5, 0.6) is 5.75 Å². The number of aryl methyl sites for hydroxylation is 1. The summed E-state index contributed by atoms with van der Waals surface area (Å²) in [6.45, 7) is 4.14. The Morgan fingerprint density at radius 3 is 2.76 bits per heavy atom. The van der Waals surface area contributed by atoms with Crippen LogP contribution < -0.4 is 4.74 Å². The Hall–Kier alpha value is -1.51. The zero-order chi connectivity index (χ0) is 12.8. The van der Waals surface area contributed by atoms with Crippen molar-refractivity contribution in [3.05, 3.63) is 29.3 Å². The lowest BCUT2D eigenvalue weighted by Gasteiger charge is -2.15. The summed E-state index contributed by atoms with van der Waals surface area (Å²) in [6.07, 6.45) is 1.80. The van der Waals surface area contributed by atoms with E-state index in [9.17, 15) is 4.79 Å². The molecule has 17 heavy (non-hydrogen) atoms. The largest absolute Gasteiger partial charge is 0.496 e. The molecular weight excluding hydrogens is 216 g/mol. The molecule has 0 aliphatic carbocycles. The maximum atomic E-state index is 10.5. The number of carboxylic acids is 1. The molecule has 0 amide bonds. The van der Waals surface area contributed by atoms with E-state index in [1.807, 2.05) is 13.0 Å². The highest BCUT2D eigenvalue weighted by Crippen LogP contribution is 2.30. The van der Waals surface area contributed by atoms with Gasteiger partial charge in [0.05, 0.1) is 7.11 Å². The van der Waals surface area contributed by atoms with Crippen LogP contribution in [0.25, 0.3) is 0 Å². The van der Waals surface area contributed by atoms with Gasteiger partial charge in [0.1, 0.15) is 5.75 Å². The minimum Gasteiger partial charge on any atom is -0.496 e. The smallest absolute Gasteiger partial charge is 0.303 e. The van der Waals surface area contributed by atoms with Crippen molar-refractivity contribution < 1.29 is 14.6 Å². The number of ether oxygens (including phenoxy) is 1. The number of carbonyl (C=O) groups is 1. The van der Waals surface area contributed by atoms with E-state index < -0.39 is 5.97 Å². The third-order valence-corrected chi connectivity index (χ3v) is 2.95. The van der Waals surface area contributed by atoms with Gasteiger partial charge < -0.3 is 9.84 Å². The normalized spacial score (nSPS) is 12.2. The topological polar surface area (TPSA) is 46.5 Å². The van der Waals surface area contributed by atoms with Crippen LogP contribution in [0, 0.1) is 6.92 Å². The highest BCUT2D eigenvalue weighted by Gasteiger charge is 2.11. The van der Waals surface area contributed by atoms with Crippen LogP contribution in [0.4, 0.5) is 0 Å². The molecular formula is C14H20O3. The summed E-state index contributed by atoms with van der Waals surface area (Å²) in [5.74, 6) is 0.491. The van der Waals surface area contributed by atoms with Crippen molar-refractivity contribution in [1.82, 2.24) is 0 Å². The summed E-state index contributed by atoms with van der Waals surface area (Å²) < 4.78 is 5.36. The van der Waals surface area contributed by atoms with Gasteiger partial charge in [-0.3, -0.25) is 4.79 Å². The lowest BCUT2D eigenvalue weighted by molar-refractivity contribution is -0.137. The second-order valence-corrected chi connectivity index (χ2v) is 4.43. The molecule has 0 unspecified atom stereocenters. The molecule has 1 rings (SSSR count). The van der Waals surface area contributed by atoms with Gasteiger partial charge >= 0.3 is 5.97 Å². The predicted octanol–water partition coefficient (Wildman–Crippen LogP) is 3.36. The number of hydrogen-bond acceptors (Lipinski definition) is 2. The van der Waals surface area contributed by atoms with Crippen molar-refractivity contribution in [3.8, 4) is 5.75 Å².